The molecule has 0 aliphatic carbocycles. The van der Waals surface area contributed by atoms with Crippen molar-refractivity contribution in [2.45, 2.75) is 17.2 Å². The van der Waals surface area contributed by atoms with E-state index in [0.29, 0.717) is 18.9 Å². The minimum absolute atomic E-state index is 0.0609. The van der Waals surface area contributed by atoms with Crippen molar-refractivity contribution < 1.29 is 13.2 Å². The van der Waals surface area contributed by atoms with E-state index in [1.165, 1.54) is 6.20 Å². The van der Waals surface area contributed by atoms with Crippen LogP contribution in [0.15, 0.2) is 11.1 Å². The molecule has 1 aromatic heterocycles. The fourth-order valence-electron chi connectivity index (χ4n) is 1.57. The third-order valence-corrected chi connectivity index (χ3v) is 3.22. The van der Waals surface area contributed by atoms with E-state index in [-0.39, 0.29) is 10.8 Å². The van der Waals surface area contributed by atoms with E-state index in [2.05, 4.69) is 10.2 Å². The highest BCUT2D eigenvalue weighted by Crippen LogP contribution is 2.27. The Morgan fingerprint density at radius 1 is 1.64 bits per heavy atom. The lowest BCUT2D eigenvalue weighted by molar-refractivity contribution is 0.193. The molecule has 14 heavy (non-hydrogen) atoms. The van der Waals surface area contributed by atoms with Gasteiger partial charge in [0.05, 0.1) is 18.5 Å². The van der Waals surface area contributed by atoms with Gasteiger partial charge in [-0.1, -0.05) is 0 Å². The van der Waals surface area contributed by atoms with E-state index in [1.807, 2.05) is 0 Å². The number of nitrogens with one attached hydrogen (secondary N) is 1. The minimum atomic E-state index is -3.68. The molecule has 0 saturated carbocycles. The van der Waals surface area contributed by atoms with Gasteiger partial charge < -0.3 is 4.74 Å². The Morgan fingerprint density at radius 2 is 2.43 bits per heavy atom. The van der Waals surface area contributed by atoms with E-state index >= 15 is 0 Å². The lowest BCUT2D eigenvalue weighted by atomic mass is 10.1. The quantitative estimate of drug-likeness (QED) is 0.701. The molecule has 1 unspecified atom stereocenters. The van der Waals surface area contributed by atoms with Gasteiger partial charge in [0, 0.05) is 12.5 Å². The molecule has 1 aliphatic heterocycles. The van der Waals surface area contributed by atoms with E-state index in [0.717, 1.165) is 6.42 Å². The normalized spacial score (nSPS) is 22.8. The van der Waals surface area contributed by atoms with Gasteiger partial charge in [-0.15, -0.1) is 0 Å². The summed E-state index contributed by atoms with van der Waals surface area (Å²) in [5.41, 5.74) is 0.560. The van der Waals surface area contributed by atoms with Crippen molar-refractivity contribution in [1.82, 2.24) is 10.2 Å². The summed E-state index contributed by atoms with van der Waals surface area (Å²) in [5.74, 6) is 0.0609. The molecule has 1 aromatic rings. The maximum atomic E-state index is 11.1. The number of rotatable bonds is 2. The SMILES string of the molecule is NS(=O)(=O)c1cn[nH]c1C1CCOC1. The highest BCUT2D eigenvalue weighted by atomic mass is 32.2. The Bertz CT molecular complexity index is 419. The molecule has 0 spiro atoms. The number of H-pyrrole nitrogens is 1. The second-order valence-electron chi connectivity index (χ2n) is 3.25. The first-order valence-corrected chi connectivity index (χ1v) is 5.77. The van der Waals surface area contributed by atoms with Crippen LogP contribution in [-0.4, -0.2) is 31.8 Å². The molecule has 3 N–H and O–H groups in total. The van der Waals surface area contributed by atoms with Gasteiger partial charge in [0.1, 0.15) is 4.90 Å². The lowest BCUT2D eigenvalue weighted by Gasteiger charge is -2.06. The van der Waals surface area contributed by atoms with E-state index < -0.39 is 10.0 Å². The molecule has 7 heteroatoms. The zero-order valence-corrected chi connectivity index (χ0v) is 8.25. The highest BCUT2D eigenvalue weighted by Gasteiger charge is 2.26. The van der Waals surface area contributed by atoms with Crippen LogP contribution in [0.25, 0.3) is 0 Å². The largest absolute Gasteiger partial charge is 0.381 e. The fourth-order valence-corrected chi connectivity index (χ4v) is 2.28. The summed E-state index contributed by atoms with van der Waals surface area (Å²) in [6, 6.07) is 0. The zero-order valence-electron chi connectivity index (χ0n) is 7.43. The Labute approximate surface area is 81.5 Å². The van der Waals surface area contributed by atoms with Crippen LogP contribution in [-0.2, 0) is 14.8 Å². The number of aromatic nitrogens is 2. The Balaban J connectivity index is 2.39. The molecule has 0 aromatic carbocycles. The van der Waals surface area contributed by atoms with Gasteiger partial charge in [-0.2, -0.15) is 5.10 Å². The summed E-state index contributed by atoms with van der Waals surface area (Å²) >= 11 is 0. The molecule has 0 amide bonds. The van der Waals surface area contributed by atoms with Crippen LogP contribution in [0, 0.1) is 0 Å². The first-order chi connectivity index (χ1) is 6.59. The average Bonchev–Trinajstić information content (AvgIpc) is 2.73. The summed E-state index contributed by atoms with van der Waals surface area (Å²) in [5, 5.41) is 11.4. The van der Waals surface area contributed by atoms with E-state index in [4.69, 9.17) is 9.88 Å². The Morgan fingerprint density at radius 3 is 3.00 bits per heavy atom. The van der Waals surface area contributed by atoms with E-state index in [9.17, 15) is 8.42 Å². The van der Waals surface area contributed by atoms with Gasteiger partial charge in [-0.05, 0) is 6.42 Å². The molecule has 1 fully saturated rings. The first-order valence-electron chi connectivity index (χ1n) is 4.23. The smallest absolute Gasteiger partial charge is 0.241 e. The summed E-state index contributed by atoms with van der Waals surface area (Å²) < 4.78 is 27.5. The van der Waals surface area contributed by atoms with Crippen LogP contribution < -0.4 is 5.14 Å². The molecule has 1 aliphatic rings. The van der Waals surface area contributed by atoms with Gasteiger partial charge in [0.15, 0.2) is 0 Å². The van der Waals surface area contributed by atoms with Crippen LogP contribution in [0.4, 0.5) is 0 Å². The number of nitrogens with two attached hydrogens (primary N) is 1. The van der Waals surface area contributed by atoms with Gasteiger partial charge >= 0.3 is 0 Å². The van der Waals surface area contributed by atoms with Crippen LogP contribution in [0.2, 0.25) is 0 Å². The Hall–Kier alpha value is -0.920. The fraction of sp³-hybridized carbons (Fsp3) is 0.571. The second-order valence-corrected chi connectivity index (χ2v) is 4.78. The predicted molar refractivity (Wildman–Crippen MR) is 48.1 cm³/mol. The maximum Gasteiger partial charge on any atom is 0.241 e. The van der Waals surface area contributed by atoms with Crippen LogP contribution >= 0.6 is 0 Å². The third kappa shape index (κ3) is 1.66. The van der Waals surface area contributed by atoms with Gasteiger partial charge in [-0.3, -0.25) is 5.10 Å². The summed E-state index contributed by atoms with van der Waals surface area (Å²) in [4.78, 5) is 0.0769. The van der Waals surface area contributed by atoms with Crippen LogP contribution in [0.5, 0.6) is 0 Å². The molecule has 2 heterocycles. The van der Waals surface area contributed by atoms with E-state index in [1.54, 1.807) is 0 Å². The standard InChI is InChI=1S/C7H11N3O3S/c8-14(11,12)6-3-9-10-7(6)5-1-2-13-4-5/h3,5H,1-2,4H2,(H,9,10)(H2,8,11,12). The van der Waals surface area contributed by atoms with Crippen molar-refractivity contribution in [3.63, 3.8) is 0 Å². The van der Waals surface area contributed by atoms with Gasteiger partial charge in [0.25, 0.3) is 0 Å². The van der Waals surface area contributed by atoms with Gasteiger partial charge in [-0.25, -0.2) is 13.6 Å². The summed E-state index contributed by atoms with van der Waals surface area (Å²) in [7, 11) is -3.68. The molecule has 78 valence electrons. The molecule has 0 bridgehead atoms. The van der Waals surface area contributed by atoms with Crippen molar-refractivity contribution >= 4 is 10.0 Å². The number of primary sulfonamides is 1. The lowest BCUT2D eigenvalue weighted by Crippen LogP contribution is -2.15. The summed E-state index contributed by atoms with van der Waals surface area (Å²) in [6.07, 6.45) is 2.04. The van der Waals surface area contributed by atoms with Crippen molar-refractivity contribution in [1.29, 1.82) is 0 Å². The molecule has 2 rings (SSSR count). The van der Waals surface area contributed by atoms with Crippen molar-refractivity contribution in [3.05, 3.63) is 11.9 Å². The van der Waals surface area contributed by atoms with Crippen molar-refractivity contribution in [3.8, 4) is 0 Å². The van der Waals surface area contributed by atoms with Gasteiger partial charge in [0.2, 0.25) is 10.0 Å². The summed E-state index contributed by atoms with van der Waals surface area (Å²) in [6.45, 7) is 1.17. The molecule has 1 saturated heterocycles. The molecule has 0 radical (unpaired) electrons. The molecule has 1 atom stereocenters. The predicted octanol–water partition coefficient (Wildman–Crippen LogP) is -0.439. The first kappa shape index (κ1) is 9.63. The van der Waals surface area contributed by atoms with Crippen LogP contribution in [0.1, 0.15) is 18.0 Å². The third-order valence-electron chi connectivity index (χ3n) is 2.28. The van der Waals surface area contributed by atoms with Crippen molar-refractivity contribution in [2.75, 3.05) is 13.2 Å². The number of sulfonamides is 1. The molecule has 6 nitrogen and oxygen atoms in total. The van der Waals surface area contributed by atoms with Crippen molar-refractivity contribution in [2.24, 2.45) is 5.14 Å². The maximum absolute atomic E-state index is 11.1. The number of hydrogen-bond donors (Lipinski definition) is 2. The second kappa shape index (κ2) is 3.34. The highest BCUT2D eigenvalue weighted by molar-refractivity contribution is 7.89. The molecular formula is C7H11N3O3S. The Kier molecular flexibility index (Phi) is 2.30. The average molecular weight is 217 g/mol. The number of nitrogens with zero attached hydrogens (tertiary/aromatic N) is 1. The zero-order chi connectivity index (χ0) is 10.2. The number of hydrogen-bond acceptors (Lipinski definition) is 4. The monoisotopic (exact) mass is 217 g/mol. The molecular weight excluding hydrogens is 206 g/mol. The number of aromatic amines is 1. The minimum Gasteiger partial charge on any atom is -0.381 e. The number of ether oxygens (including phenoxy) is 1. The van der Waals surface area contributed by atoms with Crippen LogP contribution in [0.3, 0.4) is 0 Å². The topological polar surface area (TPSA) is 98.1 Å².